The van der Waals surface area contributed by atoms with Crippen LogP contribution in [0.1, 0.15) is 11.9 Å². The average Bonchev–Trinajstić information content (AvgIpc) is 2.02. The molecule has 1 heterocycles. The van der Waals surface area contributed by atoms with E-state index in [-0.39, 0.29) is 10.3 Å². The van der Waals surface area contributed by atoms with Crippen molar-refractivity contribution in [2.45, 2.75) is 6.04 Å². The normalized spacial score (nSPS) is 13.6. The van der Waals surface area contributed by atoms with E-state index >= 15 is 0 Å². The van der Waals surface area contributed by atoms with Crippen molar-refractivity contribution in [2.24, 2.45) is 0 Å². The van der Waals surface area contributed by atoms with E-state index < -0.39 is 12.0 Å². The molecule has 1 aromatic heterocycles. The molecule has 0 bridgehead atoms. The van der Waals surface area contributed by atoms with Gasteiger partial charge in [0.05, 0.1) is 21.1 Å². The fourth-order valence-corrected chi connectivity index (χ4v) is 1.16. The Kier molecular flexibility index (Phi) is 2.76. The Morgan fingerprint density at radius 3 is 2.21 bits per heavy atom. The van der Waals surface area contributed by atoms with Crippen LogP contribution in [0, 0.1) is 0 Å². The summed E-state index contributed by atoms with van der Waals surface area (Å²) in [5.41, 5.74) is 0. The molecule has 0 aromatic carbocycles. The van der Waals surface area contributed by atoms with Crippen molar-refractivity contribution in [1.82, 2.24) is 15.0 Å². The minimum atomic E-state index is -1.19. The lowest BCUT2D eigenvalue weighted by molar-refractivity contribution is -0.895. The number of nitrogens with zero attached hydrogens (tertiary/aromatic N) is 4. The highest BCUT2D eigenvalue weighted by molar-refractivity contribution is 5.70. The molecule has 0 aliphatic rings. The van der Waals surface area contributed by atoms with Gasteiger partial charge in [-0.3, -0.25) is 0 Å². The zero-order chi connectivity index (χ0) is 10.8. The summed E-state index contributed by atoms with van der Waals surface area (Å²) >= 11 is 0. The summed E-state index contributed by atoms with van der Waals surface area (Å²) in [7, 11) is 5.22. The first-order valence-electron chi connectivity index (χ1n) is 4.07. The Labute approximate surface area is 81.8 Å². The number of aliphatic carboxylic acids is 1. The first kappa shape index (κ1) is 10.5. The first-order chi connectivity index (χ1) is 6.43. The highest BCUT2D eigenvalue weighted by Gasteiger charge is 2.29. The van der Waals surface area contributed by atoms with Crippen LogP contribution in [0.2, 0.25) is 0 Å². The van der Waals surface area contributed by atoms with E-state index in [1.54, 1.807) is 21.1 Å². The van der Waals surface area contributed by atoms with Gasteiger partial charge in [-0.2, -0.15) is 0 Å². The Balaban J connectivity index is 3.08. The zero-order valence-corrected chi connectivity index (χ0v) is 8.34. The van der Waals surface area contributed by atoms with E-state index in [0.29, 0.717) is 0 Å². The van der Waals surface area contributed by atoms with E-state index in [4.69, 9.17) is 0 Å². The van der Waals surface area contributed by atoms with Crippen molar-refractivity contribution >= 4 is 5.97 Å². The molecule has 1 unspecified atom stereocenters. The molecule has 0 aliphatic heterocycles. The second kappa shape index (κ2) is 3.67. The Morgan fingerprint density at radius 2 is 1.86 bits per heavy atom. The molecule has 0 amide bonds. The fraction of sp³-hybridized carbons (Fsp3) is 0.500. The van der Waals surface area contributed by atoms with Gasteiger partial charge >= 0.3 is 0 Å². The maximum atomic E-state index is 10.9. The van der Waals surface area contributed by atoms with Gasteiger partial charge in [0.2, 0.25) is 0 Å². The van der Waals surface area contributed by atoms with Gasteiger partial charge in [-0.25, -0.2) is 15.0 Å². The number of aromatic nitrogens is 3. The minimum Gasteiger partial charge on any atom is -0.544 e. The summed E-state index contributed by atoms with van der Waals surface area (Å²) in [6.07, 6.45) is 2.54. The van der Waals surface area contributed by atoms with E-state index in [0.717, 1.165) is 0 Å². The number of likely N-dealkylation sites (N-methyl/N-ethyl adjacent to an activating group) is 1. The van der Waals surface area contributed by atoms with Gasteiger partial charge in [0, 0.05) is 0 Å². The molecule has 0 radical (unpaired) electrons. The number of rotatable bonds is 3. The van der Waals surface area contributed by atoms with Crippen molar-refractivity contribution < 1.29 is 14.4 Å². The van der Waals surface area contributed by atoms with Crippen molar-refractivity contribution in [1.29, 1.82) is 0 Å². The maximum absolute atomic E-state index is 10.9. The van der Waals surface area contributed by atoms with Crippen molar-refractivity contribution in [3.05, 3.63) is 18.5 Å². The number of carbonyl (C=O) groups excluding carboxylic acids is 1. The molecule has 1 aromatic rings. The van der Waals surface area contributed by atoms with Crippen LogP contribution in [0.25, 0.3) is 0 Å². The Hall–Kier alpha value is -1.56. The molecule has 0 N–H and O–H groups in total. The maximum Gasteiger partial charge on any atom is 0.196 e. The molecular formula is C8H12N4O2. The number of carbonyl (C=O) groups is 1. The van der Waals surface area contributed by atoms with Gasteiger partial charge in [0.25, 0.3) is 0 Å². The number of quaternary nitrogens is 1. The number of hydrogen-bond donors (Lipinski definition) is 0. The molecule has 0 saturated carbocycles. The molecular weight excluding hydrogens is 184 g/mol. The van der Waals surface area contributed by atoms with Crippen LogP contribution in [0.5, 0.6) is 0 Å². The molecule has 6 heteroatoms. The molecule has 1 atom stereocenters. The summed E-state index contributed by atoms with van der Waals surface area (Å²) < 4.78 is 0.173. The predicted octanol–water partition coefficient (Wildman–Crippen LogP) is -1.63. The SMILES string of the molecule is C[N+](C)(C)C(C(=O)[O-])c1ncncn1. The lowest BCUT2D eigenvalue weighted by atomic mass is 10.2. The monoisotopic (exact) mass is 196 g/mol. The van der Waals surface area contributed by atoms with Crippen molar-refractivity contribution in [3.63, 3.8) is 0 Å². The fourth-order valence-electron chi connectivity index (χ4n) is 1.16. The van der Waals surface area contributed by atoms with Gasteiger partial charge < -0.3 is 14.4 Å². The third-order valence-electron chi connectivity index (χ3n) is 1.76. The molecule has 6 nitrogen and oxygen atoms in total. The highest BCUT2D eigenvalue weighted by atomic mass is 16.4. The van der Waals surface area contributed by atoms with Gasteiger partial charge in [0.15, 0.2) is 11.9 Å². The van der Waals surface area contributed by atoms with Crippen LogP contribution in [0.3, 0.4) is 0 Å². The quantitative estimate of drug-likeness (QED) is 0.542. The van der Waals surface area contributed by atoms with Gasteiger partial charge in [-0.1, -0.05) is 0 Å². The molecule has 0 fully saturated rings. The van der Waals surface area contributed by atoms with E-state index in [1.807, 2.05) is 0 Å². The second-order valence-electron chi connectivity index (χ2n) is 3.83. The summed E-state index contributed by atoms with van der Waals surface area (Å²) in [5, 5.41) is 10.9. The topological polar surface area (TPSA) is 78.8 Å². The Morgan fingerprint density at radius 1 is 1.36 bits per heavy atom. The summed E-state index contributed by atoms with van der Waals surface area (Å²) in [5.74, 6) is -0.976. The number of carboxylic acids is 1. The van der Waals surface area contributed by atoms with Crippen molar-refractivity contribution in [3.8, 4) is 0 Å². The second-order valence-corrected chi connectivity index (χ2v) is 3.83. The highest BCUT2D eigenvalue weighted by Crippen LogP contribution is 2.17. The third-order valence-corrected chi connectivity index (χ3v) is 1.76. The van der Waals surface area contributed by atoms with E-state index in [2.05, 4.69) is 15.0 Å². The van der Waals surface area contributed by atoms with Crippen LogP contribution in [-0.2, 0) is 4.79 Å². The molecule has 0 saturated heterocycles. The largest absolute Gasteiger partial charge is 0.544 e. The van der Waals surface area contributed by atoms with E-state index in [1.165, 1.54) is 12.7 Å². The van der Waals surface area contributed by atoms with Gasteiger partial charge in [0.1, 0.15) is 18.6 Å². The third kappa shape index (κ3) is 2.23. The number of hydrogen-bond acceptors (Lipinski definition) is 5. The van der Waals surface area contributed by atoms with Gasteiger partial charge in [-0.15, -0.1) is 0 Å². The summed E-state index contributed by atoms with van der Waals surface area (Å²) in [6, 6.07) is -0.877. The lowest BCUT2D eigenvalue weighted by Crippen LogP contribution is -2.49. The van der Waals surface area contributed by atoms with Crippen LogP contribution in [0.4, 0.5) is 0 Å². The van der Waals surface area contributed by atoms with Gasteiger partial charge in [-0.05, 0) is 0 Å². The molecule has 0 spiro atoms. The smallest absolute Gasteiger partial charge is 0.196 e. The van der Waals surface area contributed by atoms with Crippen molar-refractivity contribution in [2.75, 3.05) is 21.1 Å². The van der Waals surface area contributed by atoms with Crippen LogP contribution in [0.15, 0.2) is 12.7 Å². The molecule has 1 rings (SSSR count). The summed E-state index contributed by atoms with van der Waals surface area (Å²) in [6.45, 7) is 0. The average molecular weight is 196 g/mol. The zero-order valence-electron chi connectivity index (χ0n) is 8.34. The standard InChI is InChI=1S/C8H12N4O2/c1-12(2,3)6(8(13)14)7-10-4-9-5-11-7/h4-6H,1-3H3. The lowest BCUT2D eigenvalue weighted by Gasteiger charge is -2.33. The molecule has 0 aliphatic carbocycles. The minimum absolute atomic E-state index is 0.173. The number of carboxylic acid groups (broad SMARTS) is 1. The van der Waals surface area contributed by atoms with Crippen LogP contribution < -0.4 is 5.11 Å². The summed E-state index contributed by atoms with van der Waals surface area (Å²) in [4.78, 5) is 22.2. The van der Waals surface area contributed by atoms with Crippen LogP contribution in [-0.4, -0.2) is 46.5 Å². The van der Waals surface area contributed by atoms with E-state index in [9.17, 15) is 9.90 Å². The molecule has 14 heavy (non-hydrogen) atoms. The first-order valence-corrected chi connectivity index (χ1v) is 4.07. The predicted molar refractivity (Wildman–Crippen MR) is 45.6 cm³/mol. The molecule has 76 valence electrons. The Bertz CT molecular complexity index is 320. The van der Waals surface area contributed by atoms with Crippen LogP contribution >= 0.6 is 0 Å².